The second-order valence-corrected chi connectivity index (χ2v) is 3.22. The van der Waals surface area contributed by atoms with Gasteiger partial charge in [-0.2, -0.15) is 0 Å². The van der Waals surface area contributed by atoms with Gasteiger partial charge in [0.25, 0.3) is 0 Å². The van der Waals surface area contributed by atoms with Crippen LogP contribution < -0.4 is 16.4 Å². The Bertz CT molecular complexity index is 267. The third kappa shape index (κ3) is 5.50. The topological polar surface area (TPSA) is 122 Å². The van der Waals surface area contributed by atoms with Gasteiger partial charge in [0.2, 0.25) is 5.91 Å². The van der Waals surface area contributed by atoms with Crippen molar-refractivity contribution in [3.63, 3.8) is 0 Å². The van der Waals surface area contributed by atoms with Crippen molar-refractivity contribution < 1.29 is 19.5 Å². The predicted octanol–water partition coefficient (Wildman–Crippen LogP) is -1.12. The van der Waals surface area contributed by atoms with Crippen LogP contribution in [0.25, 0.3) is 0 Å². The molecule has 0 aromatic heterocycles. The number of amides is 3. The smallest absolute Gasteiger partial charge is 0.315 e. The number of aliphatic carboxylic acids is 1. The Kier molecular flexibility index (Phi) is 5.14. The summed E-state index contributed by atoms with van der Waals surface area (Å²) in [6, 6.07) is -1.40. The van der Waals surface area contributed by atoms with Gasteiger partial charge < -0.3 is 21.5 Å². The fourth-order valence-electron chi connectivity index (χ4n) is 0.652. The largest absolute Gasteiger partial charge is 0.481 e. The number of nitrogens with two attached hydrogens (primary N) is 1. The van der Waals surface area contributed by atoms with Crippen LogP contribution in [0.4, 0.5) is 4.79 Å². The lowest BCUT2D eigenvalue weighted by Gasteiger charge is -2.12. The van der Waals surface area contributed by atoms with Gasteiger partial charge in [-0.25, -0.2) is 4.79 Å². The standard InChI is InChI=1S/C8H15N3O4/c1-4(7(13)14)3-10-8(15)11-5(2)6(9)12/h4-5H,3H2,1-2H3,(H2,9,12)(H,13,14)(H2,10,11,15). The van der Waals surface area contributed by atoms with Crippen LogP contribution >= 0.6 is 0 Å². The van der Waals surface area contributed by atoms with E-state index in [1.165, 1.54) is 13.8 Å². The summed E-state index contributed by atoms with van der Waals surface area (Å²) in [5.41, 5.74) is 4.91. The maximum atomic E-state index is 11.1. The molecule has 0 bridgehead atoms. The molecule has 2 unspecified atom stereocenters. The summed E-state index contributed by atoms with van der Waals surface area (Å²) in [5, 5.41) is 13.1. The molecular weight excluding hydrogens is 202 g/mol. The van der Waals surface area contributed by atoms with Crippen LogP contribution in [0.2, 0.25) is 0 Å². The van der Waals surface area contributed by atoms with Gasteiger partial charge in [-0.05, 0) is 6.92 Å². The van der Waals surface area contributed by atoms with Gasteiger partial charge in [-0.1, -0.05) is 6.92 Å². The Balaban J connectivity index is 3.85. The lowest BCUT2D eigenvalue weighted by atomic mass is 10.2. The fourth-order valence-corrected chi connectivity index (χ4v) is 0.652. The molecule has 0 saturated carbocycles. The van der Waals surface area contributed by atoms with E-state index < -0.39 is 29.9 Å². The first-order valence-electron chi connectivity index (χ1n) is 4.41. The van der Waals surface area contributed by atoms with Crippen molar-refractivity contribution in [1.82, 2.24) is 10.6 Å². The van der Waals surface area contributed by atoms with Gasteiger partial charge in [0.15, 0.2) is 0 Å². The summed E-state index contributed by atoms with van der Waals surface area (Å²) in [7, 11) is 0. The van der Waals surface area contributed by atoms with Crippen LogP contribution in [0.3, 0.4) is 0 Å². The van der Waals surface area contributed by atoms with Crippen LogP contribution in [0.5, 0.6) is 0 Å². The molecule has 0 aliphatic heterocycles. The molecule has 0 aromatic carbocycles. The SMILES string of the molecule is CC(CNC(=O)NC(C)C(N)=O)C(=O)O. The van der Waals surface area contributed by atoms with Crippen LogP contribution in [-0.4, -0.2) is 35.6 Å². The zero-order valence-corrected chi connectivity index (χ0v) is 8.61. The molecule has 7 nitrogen and oxygen atoms in total. The molecule has 0 aliphatic carbocycles. The minimum absolute atomic E-state index is 0.00729. The average Bonchev–Trinajstić information content (AvgIpc) is 2.13. The van der Waals surface area contributed by atoms with Crippen molar-refractivity contribution in [2.45, 2.75) is 19.9 Å². The number of urea groups is 1. The van der Waals surface area contributed by atoms with E-state index in [9.17, 15) is 14.4 Å². The molecule has 0 radical (unpaired) electrons. The lowest BCUT2D eigenvalue weighted by Crippen LogP contribution is -2.48. The third-order valence-corrected chi connectivity index (χ3v) is 1.76. The molecule has 0 heterocycles. The van der Waals surface area contributed by atoms with Gasteiger partial charge >= 0.3 is 12.0 Å². The van der Waals surface area contributed by atoms with Gasteiger partial charge in [0, 0.05) is 6.54 Å². The summed E-state index contributed by atoms with van der Waals surface area (Å²) < 4.78 is 0. The highest BCUT2D eigenvalue weighted by Crippen LogP contribution is 1.91. The predicted molar refractivity (Wildman–Crippen MR) is 52.0 cm³/mol. The van der Waals surface area contributed by atoms with Crippen molar-refractivity contribution in [3.8, 4) is 0 Å². The number of nitrogens with one attached hydrogen (secondary N) is 2. The number of carboxylic acids is 1. The Morgan fingerprint density at radius 1 is 1.33 bits per heavy atom. The number of hydrogen-bond acceptors (Lipinski definition) is 3. The maximum absolute atomic E-state index is 11.1. The molecule has 0 saturated heterocycles. The normalized spacial score (nSPS) is 13.7. The highest BCUT2D eigenvalue weighted by Gasteiger charge is 2.14. The Hall–Kier alpha value is -1.79. The third-order valence-electron chi connectivity index (χ3n) is 1.76. The average molecular weight is 217 g/mol. The molecule has 0 rings (SSSR count). The fraction of sp³-hybridized carbons (Fsp3) is 0.625. The van der Waals surface area contributed by atoms with Crippen LogP contribution in [0, 0.1) is 5.92 Å². The highest BCUT2D eigenvalue weighted by molar-refractivity contribution is 5.85. The first kappa shape index (κ1) is 13.2. The number of hydrogen-bond donors (Lipinski definition) is 4. The minimum atomic E-state index is -1.00. The van der Waals surface area contributed by atoms with E-state index in [1.54, 1.807) is 0 Å². The second kappa shape index (κ2) is 5.84. The summed E-state index contributed by atoms with van der Waals surface area (Å²) in [5.74, 6) is -2.34. The van der Waals surface area contributed by atoms with E-state index in [-0.39, 0.29) is 6.54 Å². The molecule has 0 spiro atoms. The van der Waals surface area contributed by atoms with E-state index in [1.807, 2.05) is 0 Å². The van der Waals surface area contributed by atoms with Crippen LogP contribution in [0.1, 0.15) is 13.8 Å². The Morgan fingerprint density at radius 3 is 2.27 bits per heavy atom. The van der Waals surface area contributed by atoms with E-state index in [0.29, 0.717) is 0 Å². The lowest BCUT2D eigenvalue weighted by molar-refractivity contribution is -0.140. The zero-order valence-electron chi connectivity index (χ0n) is 8.61. The summed E-state index contributed by atoms with van der Waals surface area (Å²) in [6.45, 7) is 2.88. The molecule has 7 heteroatoms. The van der Waals surface area contributed by atoms with Crippen molar-refractivity contribution in [1.29, 1.82) is 0 Å². The Morgan fingerprint density at radius 2 is 1.87 bits per heavy atom. The number of primary amides is 1. The summed E-state index contributed by atoms with van der Waals surface area (Å²) >= 11 is 0. The zero-order chi connectivity index (χ0) is 12.0. The van der Waals surface area contributed by atoms with E-state index in [2.05, 4.69) is 10.6 Å². The molecule has 3 amide bonds. The molecule has 15 heavy (non-hydrogen) atoms. The monoisotopic (exact) mass is 217 g/mol. The quantitative estimate of drug-likeness (QED) is 0.466. The summed E-state index contributed by atoms with van der Waals surface area (Å²) in [6.07, 6.45) is 0. The van der Waals surface area contributed by atoms with Gasteiger partial charge in [0.05, 0.1) is 5.92 Å². The molecule has 86 valence electrons. The van der Waals surface area contributed by atoms with Gasteiger partial charge in [0.1, 0.15) is 6.04 Å². The van der Waals surface area contributed by atoms with Crippen molar-refractivity contribution >= 4 is 17.9 Å². The van der Waals surface area contributed by atoms with Crippen molar-refractivity contribution in [2.75, 3.05) is 6.54 Å². The molecule has 0 aliphatic rings. The van der Waals surface area contributed by atoms with Crippen LogP contribution in [-0.2, 0) is 9.59 Å². The maximum Gasteiger partial charge on any atom is 0.315 e. The van der Waals surface area contributed by atoms with E-state index in [4.69, 9.17) is 10.8 Å². The molecule has 5 N–H and O–H groups in total. The first-order valence-corrected chi connectivity index (χ1v) is 4.41. The van der Waals surface area contributed by atoms with Gasteiger partial charge in [-0.15, -0.1) is 0 Å². The molecule has 0 aromatic rings. The minimum Gasteiger partial charge on any atom is -0.481 e. The number of carbonyl (C=O) groups is 3. The number of carbonyl (C=O) groups excluding carboxylic acids is 2. The van der Waals surface area contributed by atoms with E-state index >= 15 is 0 Å². The summed E-state index contributed by atoms with van der Waals surface area (Å²) in [4.78, 5) is 32.0. The first-order chi connectivity index (χ1) is 6.84. The van der Waals surface area contributed by atoms with Crippen molar-refractivity contribution in [2.24, 2.45) is 11.7 Å². The molecule has 2 atom stereocenters. The van der Waals surface area contributed by atoms with E-state index in [0.717, 1.165) is 0 Å². The molecule has 0 fully saturated rings. The number of carboxylic acid groups (broad SMARTS) is 1. The Labute approximate surface area is 87.0 Å². The van der Waals surface area contributed by atoms with Crippen molar-refractivity contribution in [3.05, 3.63) is 0 Å². The molecular formula is C8H15N3O4. The van der Waals surface area contributed by atoms with Crippen LogP contribution in [0.15, 0.2) is 0 Å². The second-order valence-electron chi connectivity index (χ2n) is 3.22. The highest BCUT2D eigenvalue weighted by atomic mass is 16.4. The van der Waals surface area contributed by atoms with Gasteiger partial charge in [-0.3, -0.25) is 9.59 Å². The number of rotatable bonds is 5.